The number of anilines is 1. The first-order valence-electron chi connectivity index (χ1n) is 4.57. The number of nitrogens with one attached hydrogen (secondary N) is 1. The molecule has 1 aromatic rings. The maximum atomic E-state index is 12.9. The quantitative estimate of drug-likeness (QED) is 0.841. The van der Waals surface area contributed by atoms with Gasteiger partial charge in [0, 0.05) is 25.6 Å². The molecule has 0 bridgehead atoms. The van der Waals surface area contributed by atoms with Crippen molar-refractivity contribution in [3.05, 3.63) is 28.8 Å². The zero-order valence-corrected chi connectivity index (χ0v) is 9.11. The van der Waals surface area contributed by atoms with Crippen LogP contribution in [0.4, 0.5) is 14.5 Å². The number of benzene rings is 1. The first-order valence-corrected chi connectivity index (χ1v) is 4.94. The fraction of sp³-hybridized carbons (Fsp3) is 0.400. The molecule has 0 amide bonds. The average molecular weight is 235 g/mol. The van der Waals surface area contributed by atoms with Crippen molar-refractivity contribution in [3.8, 4) is 0 Å². The lowest BCUT2D eigenvalue weighted by Crippen LogP contribution is -2.14. The van der Waals surface area contributed by atoms with E-state index in [2.05, 4.69) is 5.32 Å². The summed E-state index contributed by atoms with van der Waals surface area (Å²) in [7, 11) is 0. The predicted octanol–water partition coefficient (Wildman–Crippen LogP) is 2.82. The highest BCUT2D eigenvalue weighted by atomic mass is 35.5. The molecule has 0 aromatic heterocycles. The maximum Gasteiger partial charge on any atom is 0.270 e. The molecule has 0 aliphatic rings. The van der Waals surface area contributed by atoms with Crippen LogP contribution in [0.15, 0.2) is 18.2 Å². The standard InChI is InChI=1S/C10H13ClF2N2/c1-10(12,13)7-2-3-9(8(11)6-7)15-5-4-14/h2-3,6,15H,4-5,14H2,1H3. The molecule has 2 nitrogen and oxygen atoms in total. The van der Waals surface area contributed by atoms with Crippen LogP contribution in [0.3, 0.4) is 0 Å². The number of rotatable bonds is 4. The van der Waals surface area contributed by atoms with Crippen molar-refractivity contribution in [1.29, 1.82) is 0 Å². The molecule has 84 valence electrons. The summed E-state index contributed by atoms with van der Waals surface area (Å²) in [6.07, 6.45) is 0. The molecule has 1 aromatic carbocycles. The lowest BCUT2D eigenvalue weighted by molar-refractivity contribution is 0.0175. The van der Waals surface area contributed by atoms with Gasteiger partial charge in [0.25, 0.3) is 5.92 Å². The summed E-state index contributed by atoms with van der Waals surface area (Å²) in [5.41, 5.74) is 5.83. The van der Waals surface area contributed by atoms with E-state index in [9.17, 15) is 8.78 Å². The van der Waals surface area contributed by atoms with Gasteiger partial charge < -0.3 is 11.1 Å². The first kappa shape index (κ1) is 12.2. The van der Waals surface area contributed by atoms with Gasteiger partial charge >= 0.3 is 0 Å². The first-order chi connectivity index (χ1) is 6.95. The second-order valence-corrected chi connectivity index (χ2v) is 3.71. The van der Waals surface area contributed by atoms with Gasteiger partial charge in [-0.2, -0.15) is 0 Å². The van der Waals surface area contributed by atoms with Gasteiger partial charge in [-0.3, -0.25) is 0 Å². The van der Waals surface area contributed by atoms with Gasteiger partial charge in [-0.15, -0.1) is 0 Å². The number of halogens is 3. The monoisotopic (exact) mass is 234 g/mol. The van der Waals surface area contributed by atoms with E-state index in [1.807, 2.05) is 0 Å². The number of alkyl halides is 2. The van der Waals surface area contributed by atoms with Gasteiger partial charge in [0.05, 0.1) is 10.7 Å². The molecular weight excluding hydrogens is 222 g/mol. The van der Waals surface area contributed by atoms with Gasteiger partial charge in [0.15, 0.2) is 0 Å². The topological polar surface area (TPSA) is 38.0 Å². The average Bonchev–Trinajstić information content (AvgIpc) is 2.14. The smallest absolute Gasteiger partial charge is 0.270 e. The van der Waals surface area contributed by atoms with Crippen LogP contribution in [0, 0.1) is 0 Å². The molecular formula is C10H13ClF2N2. The summed E-state index contributed by atoms with van der Waals surface area (Å²) in [5, 5.41) is 3.22. The van der Waals surface area contributed by atoms with E-state index in [0.717, 1.165) is 6.92 Å². The Morgan fingerprint density at radius 1 is 1.47 bits per heavy atom. The molecule has 0 atom stereocenters. The second-order valence-electron chi connectivity index (χ2n) is 3.30. The van der Waals surface area contributed by atoms with Gasteiger partial charge in [-0.1, -0.05) is 17.7 Å². The second kappa shape index (κ2) is 4.77. The number of hydrogen-bond acceptors (Lipinski definition) is 2. The summed E-state index contributed by atoms with van der Waals surface area (Å²) in [6, 6.07) is 4.15. The highest BCUT2D eigenvalue weighted by Crippen LogP contribution is 2.32. The van der Waals surface area contributed by atoms with Crippen LogP contribution in [0.5, 0.6) is 0 Å². The lowest BCUT2D eigenvalue weighted by atomic mass is 10.1. The van der Waals surface area contributed by atoms with Crippen LogP contribution < -0.4 is 11.1 Å². The zero-order valence-electron chi connectivity index (χ0n) is 8.36. The molecule has 1 rings (SSSR count). The Morgan fingerprint density at radius 3 is 2.60 bits per heavy atom. The van der Waals surface area contributed by atoms with E-state index in [-0.39, 0.29) is 10.6 Å². The SMILES string of the molecule is CC(F)(F)c1ccc(NCCN)c(Cl)c1. The molecule has 15 heavy (non-hydrogen) atoms. The molecule has 0 fully saturated rings. The number of hydrogen-bond donors (Lipinski definition) is 2. The minimum absolute atomic E-state index is 0.0919. The predicted molar refractivity (Wildman–Crippen MR) is 58.6 cm³/mol. The largest absolute Gasteiger partial charge is 0.383 e. The van der Waals surface area contributed by atoms with E-state index >= 15 is 0 Å². The van der Waals surface area contributed by atoms with Crippen molar-refractivity contribution in [3.63, 3.8) is 0 Å². The minimum Gasteiger partial charge on any atom is -0.383 e. The highest BCUT2D eigenvalue weighted by molar-refractivity contribution is 6.33. The van der Waals surface area contributed by atoms with Gasteiger partial charge in [0.2, 0.25) is 0 Å². The molecule has 0 saturated heterocycles. The minimum atomic E-state index is -2.87. The normalized spacial score (nSPS) is 11.5. The van der Waals surface area contributed by atoms with Crippen LogP contribution in [0.1, 0.15) is 12.5 Å². The van der Waals surface area contributed by atoms with Crippen LogP contribution in [0.25, 0.3) is 0 Å². The van der Waals surface area contributed by atoms with Crippen LogP contribution in [-0.4, -0.2) is 13.1 Å². The number of nitrogens with two attached hydrogens (primary N) is 1. The fourth-order valence-corrected chi connectivity index (χ4v) is 1.39. The van der Waals surface area contributed by atoms with Crippen molar-refractivity contribution in [2.45, 2.75) is 12.8 Å². The molecule has 5 heteroatoms. The molecule has 0 unspecified atom stereocenters. The van der Waals surface area contributed by atoms with Crippen molar-refractivity contribution in [2.24, 2.45) is 5.73 Å². The molecule has 0 heterocycles. The molecule has 0 saturated carbocycles. The van der Waals surface area contributed by atoms with Crippen molar-refractivity contribution < 1.29 is 8.78 Å². The van der Waals surface area contributed by atoms with E-state index in [1.165, 1.54) is 18.2 Å². The highest BCUT2D eigenvalue weighted by Gasteiger charge is 2.24. The Kier molecular flexibility index (Phi) is 3.88. The van der Waals surface area contributed by atoms with Crippen molar-refractivity contribution >= 4 is 17.3 Å². The molecule has 0 aliphatic heterocycles. The molecule has 3 N–H and O–H groups in total. The van der Waals surface area contributed by atoms with Crippen molar-refractivity contribution in [2.75, 3.05) is 18.4 Å². The van der Waals surface area contributed by atoms with Crippen LogP contribution in [-0.2, 0) is 5.92 Å². The fourth-order valence-electron chi connectivity index (χ4n) is 1.14. The summed E-state index contributed by atoms with van der Waals surface area (Å²) < 4.78 is 25.8. The van der Waals surface area contributed by atoms with E-state index in [1.54, 1.807) is 0 Å². The van der Waals surface area contributed by atoms with E-state index < -0.39 is 5.92 Å². The maximum absolute atomic E-state index is 12.9. The summed E-state index contributed by atoms with van der Waals surface area (Å²) in [4.78, 5) is 0. The molecule has 0 radical (unpaired) electrons. The summed E-state index contributed by atoms with van der Waals surface area (Å²) >= 11 is 5.83. The van der Waals surface area contributed by atoms with Gasteiger partial charge in [-0.05, 0) is 12.1 Å². The Hall–Kier alpha value is -0.870. The van der Waals surface area contributed by atoms with Gasteiger partial charge in [-0.25, -0.2) is 8.78 Å². The molecule has 0 spiro atoms. The van der Waals surface area contributed by atoms with Crippen LogP contribution in [0.2, 0.25) is 5.02 Å². The Bertz CT molecular complexity index is 337. The Morgan fingerprint density at radius 2 is 2.13 bits per heavy atom. The van der Waals surface area contributed by atoms with E-state index in [4.69, 9.17) is 17.3 Å². The van der Waals surface area contributed by atoms with Crippen LogP contribution >= 0.6 is 11.6 Å². The third-order valence-electron chi connectivity index (χ3n) is 1.94. The molecule has 0 aliphatic carbocycles. The lowest BCUT2D eigenvalue weighted by Gasteiger charge is -2.13. The zero-order chi connectivity index (χ0) is 11.5. The summed E-state index contributed by atoms with van der Waals surface area (Å²) in [6.45, 7) is 1.86. The Labute approximate surface area is 92.4 Å². The summed E-state index contributed by atoms with van der Waals surface area (Å²) in [5.74, 6) is -2.87. The van der Waals surface area contributed by atoms with E-state index in [0.29, 0.717) is 18.8 Å². The van der Waals surface area contributed by atoms with Gasteiger partial charge in [0.1, 0.15) is 0 Å². The Balaban J connectivity index is 2.88. The third kappa shape index (κ3) is 3.32. The van der Waals surface area contributed by atoms with Crippen molar-refractivity contribution in [1.82, 2.24) is 0 Å². The third-order valence-corrected chi connectivity index (χ3v) is 2.25.